The highest BCUT2D eigenvalue weighted by atomic mass is 16.2. The Morgan fingerprint density at radius 1 is 1.07 bits per heavy atom. The van der Waals surface area contributed by atoms with Crippen molar-refractivity contribution in [2.24, 2.45) is 4.99 Å². The molecule has 0 saturated carbocycles. The molecule has 2 rings (SSSR count). The molecule has 0 unspecified atom stereocenters. The summed E-state index contributed by atoms with van der Waals surface area (Å²) < 4.78 is 0. The third-order valence-electron chi connectivity index (χ3n) is 4.70. The van der Waals surface area contributed by atoms with Crippen molar-refractivity contribution in [3.8, 4) is 6.07 Å². The summed E-state index contributed by atoms with van der Waals surface area (Å²) in [5.74, 6) is -0.956. The van der Waals surface area contributed by atoms with E-state index in [0.717, 1.165) is 30.1 Å². The van der Waals surface area contributed by atoms with Crippen molar-refractivity contribution in [2.45, 2.75) is 40.5 Å². The van der Waals surface area contributed by atoms with Gasteiger partial charge in [0.25, 0.3) is 11.8 Å². The van der Waals surface area contributed by atoms with Crippen LogP contribution in [-0.2, 0) is 9.59 Å². The Morgan fingerprint density at radius 2 is 1.70 bits per heavy atom. The summed E-state index contributed by atoms with van der Waals surface area (Å²) in [6.45, 7) is 9.89. The Labute approximate surface area is 160 Å². The lowest BCUT2D eigenvalue weighted by Crippen LogP contribution is -2.47. The van der Waals surface area contributed by atoms with Gasteiger partial charge in [-0.05, 0) is 51.5 Å². The second-order valence-electron chi connectivity index (χ2n) is 6.38. The molecule has 1 aromatic rings. The lowest BCUT2D eigenvalue weighted by Gasteiger charge is -2.26. The summed E-state index contributed by atoms with van der Waals surface area (Å²) in [5.41, 5.74) is 2.20. The Balaban J connectivity index is 2.42. The van der Waals surface area contributed by atoms with Gasteiger partial charge in [0.05, 0.1) is 5.69 Å². The SMILES string of the molecule is CCCCN1C(=O)C(=Nc2ccc(N(CC)CC)cc2)C(C)=C(C#N)C1=O. The van der Waals surface area contributed by atoms with Crippen LogP contribution in [0.15, 0.2) is 40.4 Å². The van der Waals surface area contributed by atoms with Crippen molar-refractivity contribution in [3.05, 3.63) is 35.4 Å². The van der Waals surface area contributed by atoms with E-state index in [1.165, 1.54) is 0 Å². The molecule has 0 N–H and O–H groups in total. The summed E-state index contributed by atoms with van der Waals surface area (Å²) in [7, 11) is 0. The summed E-state index contributed by atoms with van der Waals surface area (Å²) in [6.07, 6.45) is 1.54. The monoisotopic (exact) mass is 366 g/mol. The zero-order valence-corrected chi connectivity index (χ0v) is 16.5. The van der Waals surface area contributed by atoms with Crippen molar-refractivity contribution < 1.29 is 9.59 Å². The molecule has 1 heterocycles. The maximum atomic E-state index is 12.8. The fourth-order valence-electron chi connectivity index (χ4n) is 3.03. The lowest BCUT2D eigenvalue weighted by atomic mass is 9.98. The van der Waals surface area contributed by atoms with Crippen LogP contribution in [0, 0.1) is 11.3 Å². The Morgan fingerprint density at radius 3 is 2.22 bits per heavy atom. The second-order valence-corrected chi connectivity index (χ2v) is 6.38. The zero-order chi connectivity index (χ0) is 20.0. The largest absolute Gasteiger partial charge is 0.372 e. The molecular formula is C21H26N4O2. The molecule has 1 aliphatic heterocycles. The maximum absolute atomic E-state index is 12.8. The van der Waals surface area contributed by atoms with Crippen LogP contribution < -0.4 is 4.90 Å². The van der Waals surface area contributed by atoms with Gasteiger partial charge >= 0.3 is 0 Å². The normalized spacial score (nSPS) is 16.1. The molecule has 0 aliphatic carbocycles. The first kappa shape index (κ1) is 20.4. The van der Waals surface area contributed by atoms with Gasteiger partial charge in [-0.2, -0.15) is 5.26 Å². The summed E-state index contributed by atoms with van der Waals surface area (Å²) in [6, 6.07) is 9.55. The predicted molar refractivity (Wildman–Crippen MR) is 107 cm³/mol. The van der Waals surface area contributed by atoms with Gasteiger partial charge in [0.1, 0.15) is 17.4 Å². The summed E-state index contributed by atoms with van der Waals surface area (Å²) >= 11 is 0. The van der Waals surface area contributed by atoms with Crippen LogP contribution in [0.4, 0.5) is 11.4 Å². The van der Waals surface area contributed by atoms with Gasteiger partial charge in [-0.3, -0.25) is 14.5 Å². The number of benzene rings is 1. The second kappa shape index (κ2) is 9.13. The first-order valence-corrected chi connectivity index (χ1v) is 9.39. The number of nitriles is 1. The van der Waals surface area contributed by atoms with Crippen LogP contribution in [0.25, 0.3) is 0 Å². The van der Waals surface area contributed by atoms with Gasteiger partial charge in [0.2, 0.25) is 0 Å². The average Bonchev–Trinajstić information content (AvgIpc) is 2.67. The minimum Gasteiger partial charge on any atom is -0.372 e. The number of hydrogen-bond acceptors (Lipinski definition) is 5. The van der Waals surface area contributed by atoms with Gasteiger partial charge in [0.15, 0.2) is 0 Å². The van der Waals surface area contributed by atoms with E-state index in [2.05, 4.69) is 23.7 Å². The van der Waals surface area contributed by atoms with Crippen LogP contribution in [0.2, 0.25) is 0 Å². The lowest BCUT2D eigenvalue weighted by molar-refractivity contribution is -0.138. The third kappa shape index (κ3) is 4.25. The molecule has 0 fully saturated rings. The van der Waals surface area contributed by atoms with Gasteiger partial charge in [0, 0.05) is 30.9 Å². The third-order valence-corrected chi connectivity index (χ3v) is 4.70. The highest BCUT2D eigenvalue weighted by Gasteiger charge is 2.36. The van der Waals surface area contributed by atoms with Crippen LogP contribution >= 0.6 is 0 Å². The zero-order valence-electron chi connectivity index (χ0n) is 16.5. The molecular weight excluding hydrogens is 340 g/mol. The number of anilines is 1. The van der Waals surface area contributed by atoms with Crippen LogP contribution in [0.5, 0.6) is 0 Å². The van der Waals surface area contributed by atoms with E-state index in [0.29, 0.717) is 24.2 Å². The molecule has 0 radical (unpaired) electrons. The number of imide groups is 1. The molecule has 6 nitrogen and oxygen atoms in total. The van der Waals surface area contributed by atoms with Crippen LogP contribution in [0.3, 0.4) is 0 Å². The first-order chi connectivity index (χ1) is 13.0. The fourth-order valence-corrected chi connectivity index (χ4v) is 3.03. The van der Waals surface area contributed by atoms with E-state index in [9.17, 15) is 14.9 Å². The molecule has 1 aliphatic rings. The minimum atomic E-state index is -0.524. The number of amides is 2. The van der Waals surface area contributed by atoms with Crippen LogP contribution in [-0.4, -0.2) is 42.1 Å². The molecule has 0 bridgehead atoms. The number of nitrogens with zero attached hydrogens (tertiary/aromatic N) is 4. The average molecular weight is 366 g/mol. The van der Waals surface area contributed by atoms with E-state index in [1.807, 2.05) is 37.3 Å². The summed E-state index contributed by atoms with van der Waals surface area (Å²) in [5, 5.41) is 9.37. The maximum Gasteiger partial charge on any atom is 0.279 e. The van der Waals surface area contributed by atoms with Gasteiger partial charge in [-0.25, -0.2) is 4.99 Å². The number of hydrogen-bond donors (Lipinski definition) is 0. The molecule has 142 valence electrons. The van der Waals surface area contributed by atoms with Gasteiger partial charge in [-0.1, -0.05) is 13.3 Å². The van der Waals surface area contributed by atoms with Crippen LogP contribution in [0.1, 0.15) is 40.5 Å². The quantitative estimate of drug-likeness (QED) is 0.691. The molecule has 0 saturated heterocycles. The number of carbonyl (C=O) groups is 2. The minimum absolute atomic E-state index is 0.00999. The van der Waals surface area contributed by atoms with E-state index in [1.54, 1.807) is 6.92 Å². The van der Waals surface area contributed by atoms with E-state index < -0.39 is 11.8 Å². The molecule has 6 heteroatoms. The highest BCUT2D eigenvalue weighted by Crippen LogP contribution is 2.24. The van der Waals surface area contributed by atoms with Crippen molar-refractivity contribution in [2.75, 3.05) is 24.5 Å². The van der Waals surface area contributed by atoms with Crippen molar-refractivity contribution >= 4 is 28.9 Å². The van der Waals surface area contributed by atoms with Crippen molar-refractivity contribution in [1.29, 1.82) is 5.26 Å². The Bertz CT molecular complexity index is 812. The van der Waals surface area contributed by atoms with Crippen molar-refractivity contribution in [1.82, 2.24) is 4.90 Å². The van der Waals surface area contributed by atoms with E-state index in [4.69, 9.17) is 0 Å². The standard InChI is InChI=1S/C21H26N4O2/c1-5-8-13-25-20(26)18(14-22)15(4)19(21(25)27)23-16-9-11-17(12-10-16)24(6-2)7-3/h9-12H,5-8,13H2,1-4H3. The number of aliphatic imine (C=N–C) groups is 1. The highest BCUT2D eigenvalue weighted by molar-refractivity contribution is 6.51. The molecule has 1 aromatic carbocycles. The predicted octanol–water partition coefficient (Wildman–Crippen LogP) is 3.61. The Hall–Kier alpha value is -2.94. The number of carbonyl (C=O) groups excluding carboxylic acids is 2. The van der Waals surface area contributed by atoms with E-state index in [-0.39, 0.29) is 11.3 Å². The fraction of sp³-hybridized carbons (Fsp3) is 0.429. The number of rotatable bonds is 7. The Kier molecular flexibility index (Phi) is 6.89. The van der Waals surface area contributed by atoms with E-state index >= 15 is 0 Å². The molecule has 0 spiro atoms. The molecule has 0 atom stereocenters. The molecule has 2 amide bonds. The topological polar surface area (TPSA) is 76.8 Å². The molecule has 27 heavy (non-hydrogen) atoms. The van der Waals surface area contributed by atoms with Gasteiger partial charge in [-0.15, -0.1) is 0 Å². The van der Waals surface area contributed by atoms with Gasteiger partial charge < -0.3 is 4.90 Å². The molecule has 0 aromatic heterocycles. The smallest absolute Gasteiger partial charge is 0.279 e. The number of unbranched alkanes of at least 4 members (excludes halogenated alkanes) is 1. The summed E-state index contributed by atoms with van der Waals surface area (Å²) in [4.78, 5) is 33.1. The van der Waals surface area contributed by atoms with Crippen molar-refractivity contribution in [3.63, 3.8) is 0 Å². The first-order valence-electron chi connectivity index (χ1n) is 9.39.